The van der Waals surface area contributed by atoms with Crippen LogP contribution in [0.2, 0.25) is 0 Å². The van der Waals surface area contributed by atoms with Crippen molar-refractivity contribution in [3.05, 3.63) is 64.6 Å². The first kappa shape index (κ1) is 17.5. The maximum atomic E-state index is 11.7. The molecule has 0 bridgehead atoms. The average molecular weight is 378 g/mol. The molecule has 122 valence electrons. The molecule has 0 spiro atoms. The van der Waals surface area contributed by atoms with Crippen molar-refractivity contribution in [3.8, 4) is 5.75 Å². The van der Waals surface area contributed by atoms with E-state index in [0.717, 1.165) is 16.5 Å². The zero-order valence-electron chi connectivity index (χ0n) is 12.8. The molecule has 2 aromatic rings. The number of amides is 1. The number of nitrogens with one attached hydrogen (secondary N) is 1. The van der Waals surface area contributed by atoms with Crippen LogP contribution in [0.3, 0.4) is 0 Å². The molecule has 0 unspecified atom stereocenters. The Morgan fingerprint density at radius 2 is 1.78 bits per heavy atom. The zero-order valence-corrected chi connectivity index (χ0v) is 14.4. The van der Waals surface area contributed by atoms with Crippen molar-refractivity contribution in [2.75, 3.05) is 19.8 Å². The van der Waals surface area contributed by atoms with E-state index in [-0.39, 0.29) is 12.5 Å². The van der Waals surface area contributed by atoms with Crippen LogP contribution in [0.25, 0.3) is 0 Å². The van der Waals surface area contributed by atoms with E-state index in [4.69, 9.17) is 9.47 Å². The summed E-state index contributed by atoms with van der Waals surface area (Å²) in [5.41, 5.74) is 1.15. The highest BCUT2D eigenvalue weighted by atomic mass is 79.9. The summed E-state index contributed by atoms with van der Waals surface area (Å²) >= 11 is 3.37. The second kappa shape index (κ2) is 10.0. The molecule has 2 rings (SSSR count). The van der Waals surface area contributed by atoms with Crippen molar-refractivity contribution in [2.24, 2.45) is 0 Å². The van der Waals surface area contributed by atoms with E-state index in [0.29, 0.717) is 25.5 Å². The van der Waals surface area contributed by atoms with Crippen LogP contribution in [0.5, 0.6) is 5.75 Å². The maximum absolute atomic E-state index is 11.7. The number of para-hydroxylation sites is 1. The van der Waals surface area contributed by atoms with Crippen molar-refractivity contribution in [2.45, 2.75) is 13.0 Å². The standard InChI is InChI=1S/C18H20BrNO3/c19-16-9-4-5-10-17(16)23-14-18(21)20-11-6-12-22-13-15-7-2-1-3-8-15/h1-5,7-10H,6,11-14H2,(H,20,21). The third kappa shape index (κ3) is 6.84. The van der Waals surface area contributed by atoms with E-state index in [1.165, 1.54) is 0 Å². The first-order chi connectivity index (χ1) is 11.3. The number of carbonyl (C=O) groups excluding carboxylic acids is 1. The van der Waals surface area contributed by atoms with Gasteiger partial charge in [0.15, 0.2) is 6.61 Å². The summed E-state index contributed by atoms with van der Waals surface area (Å²) in [5, 5.41) is 2.81. The molecule has 0 aliphatic carbocycles. The predicted octanol–water partition coefficient (Wildman–Crippen LogP) is 3.55. The lowest BCUT2D eigenvalue weighted by Gasteiger charge is -2.09. The third-order valence-electron chi connectivity index (χ3n) is 3.09. The van der Waals surface area contributed by atoms with E-state index in [1.807, 2.05) is 54.6 Å². The van der Waals surface area contributed by atoms with Gasteiger partial charge in [-0.2, -0.15) is 0 Å². The number of hydrogen-bond donors (Lipinski definition) is 1. The molecule has 1 N–H and O–H groups in total. The highest BCUT2D eigenvalue weighted by molar-refractivity contribution is 9.10. The summed E-state index contributed by atoms with van der Waals surface area (Å²) in [6, 6.07) is 17.5. The highest BCUT2D eigenvalue weighted by Gasteiger charge is 2.04. The third-order valence-corrected chi connectivity index (χ3v) is 3.75. The number of ether oxygens (including phenoxy) is 2. The quantitative estimate of drug-likeness (QED) is 0.679. The average Bonchev–Trinajstić information content (AvgIpc) is 2.58. The molecule has 1 amide bonds. The molecule has 0 atom stereocenters. The molecule has 4 nitrogen and oxygen atoms in total. The molecule has 0 radical (unpaired) electrons. The van der Waals surface area contributed by atoms with Gasteiger partial charge in [0.05, 0.1) is 11.1 Å². The molecule has 0 heterocycles. The largest absolute Gasteiger partial charge is 0.483 e. The van der Waals surface area contributed by atoms with Crippen molar-refractivity contribution in [1.82, 2.24) is 5.32 Å². The van der Waals surface area contributed by atoms with Gasteiger partial charge in [0.1, 0.15) is 5.75 Å². The van der Waals surface area contributed by atoms with Gasteiger partial charge in [-0.05, 0) is 40.0 Å². The van der Waals surface area contributed by atoms with E-state index >= 15 is 0 Å². The van der Waals surface area contributed by atoms with Crippen molar-refractivity contribution in [1.29, 1.82) is 0 Å². The fourth-order valence-electron chi connectivity index (χ4n) is 1.92. The second-order valence-electron chi connectivity index (χ2n) is 4.96. The molecule has 0 aliphatic rings. The maximum Gasteiger partial charge on any atom is 0.257 e. The fraction of sp³-hybridized carbons (Fsp3) is 0.278. The minimum atomic E-state index is -0.135. The summed E-state index contributed by atoms with van der Waals surface area (Å²) in [5.74, 6) is 0.526. The highest BCUT2D eigenvalue weighted by Crippen LogP contribution is 2.23. The number of benzene rings is 2. The van der Waals surface area contributed by atoms with E-state index in [9.17, 15) is 4.79 Å². The smallest absolute Gasteiger partial charge is 0.257 e. The van der Waals surface area contributed by atoms with Gasteiger partial charge >= 0.3 is 0 Å². The van der Waals surface area contributed by atoms with Crippen LogP contribution in [0.15, 0.2) is 59.1 Å². The van der Waals surface area contributed by atoms with Gasteiger partial charge in [0.25, 0.3) is 5.91 Å². The fourth-order valence-corrected chi connectivity index (χ4v) is 2.32. The van der Waals surface area contributed by atoms with Crippen molar-refractivity contribution in [3.63, 3.8) is 0 Å². The molecule has 0 fully saturated rings. The molecular weight excluding hydrogens is 358 g/mol. The van der Waals surface area contributed by atoms with Gasteiger partial charge in [-0.15, -0.1) is 0 Å². The molecular formula is C18H20BrNO3. The number of rotatable bonds is 9. The minimum absolute atomic E-state index is 0.00743. The van der Waals surface area contributed by atoms with Crippen LogP contribution in [-0.2, 0) is 16.1 Å². The Labute approximate surface area is 144 Å². The molecule has 0 aliphatic heterocycles. The van der Waals surface area contributed by atoms with Gasteiger partial charge < -0.3 is 14.8 Å². The Hall–Kier alpha value is -1.85. The summed E-state index contributed by atoms with van der Waals surface area (Å²) in [6.45, 7) is 1.79. The van der Waals surface area contributed by atoms with Crippen LogP contribution >= 0.6 is 15.9 Å². The Morgan fingerprint density at radius 1 is 1.04 bits per heavy atom. The zero-order chi connectivity index (χ0) is 16.3. The van der Waals surface area contributed by atoms with Crippen LogP contribution in [0.1, 0.15) is 12.0 Å². The van der Waals surface area contributed by atoms with Crippen LogP contribution in [-0.4, -0.2) is 25.7 Å². The number of halogens is 1. The SMILES string of the molecule is O=C(COc1ccccc1Br)NCCCOCc1ccccc1. The van der Waals surface area contributed by atoms with Gasteiger partial charge in [-0.3, -0.25) is 4.79 Å². The monoisotopic (exact) mass is 377 g/mol. The van der Waals surface area contributed by atoms with Gasteiger partial charge in [0.2, 0.25) is 0 Å². The predicted molar refractivity (Wildman–Crippen MR) is 93.4 cm³/mol. The van der Waals surface area contributed by atoms with E-state index < -0.39 is 0 Å². The van der Waals surface area contributed by atoms with Gasteiger partial charge in [0, 0.05) is 13.2 Å². The number of hydrogen-bond acceptors (Lipinski definition) is 3. The number of carbonyl (C=O) groups is 1. The first-order valence-electron chi connectivity index (χ1n) is 7.51. The summed E-state index contributed by atoms with van der Waals surface area (Å²) < 4.78 is 11.8. The minimum Gasteiger partial charge on any atom is -0.483 e. The topological polar surface area (TPSA) is 47.6 Å². The Kier molecular flexibility index (Phi) is 7.63. The van der Waals surface area contributed by atoms with Crippen molar-refractivity contribution < 1.29 is 14.3 Å². The molecule has 2 aromatic carbocycles. The molecule has 0 saturated carbocycles. The molecule has 5 heteroatoms. The Balaban J connectivity index is 1.52. The Bertz CT molecular complexity index is 604. The molecule has 0 aromatic heterocycles. The van der Waals surface area contributed by atoms with E-state index in [2.05, 4.69) is 21.2 Å². The summed E-state index contributed by atoms with van der Waals surface area (Å²) in [6.07, 6.45) is 0.771. The van der Waals surface area contributed by atoms with Crippen LogP contribution < -0.4 is 10.1 Å². The van der Waals surface area contributed by atoms with Crippen LogP contribution in [0, 0.1) is 0 Å². The van der Waals surface area contributed by atoms with E-state index in [1.54, 1.807) is 0 Å². The second-order valence-corrected chi connectivity index (χ2v) is 5.82. The lowest BCUT2D eigenvalue weighted by molar-refractivity contribution is -0.123. The lowest BCUT2D eigenvalue weighted by atomic mass is 10.2. The van der Waals surface area contributed by atoms with Gasteiger partial charge in [-0.25, -0.2) is 0 Å². The van der Waals surface area contributed by atoms with Crippen molar-refractivity contribution >= 4 is 21.8 Å². The first-order valence-corrected chi connectivity index (χ1v) is 8.30. The lowest BCUT2D eigenvalue weighted by Crippen LogP contribution is -2.30. The van der Waals surface area contributed by atoms with Gasteiger partial charge in [-0.1, -0.05) is 42.5 Å². The molecule has 0 saturated heterocycles. The summed E-state index contributed by atoms with van der Waals surface area (Å²) in [4.78, 5) is 11.7. The molecule has 23 heavy (non-hydrogen) atoms. The summed E-state index contributed by atoms with van der Waals surface area (Å²) in [7, 11) is 0. The van der Waals surface area contributed by atoms with Crippen LogP contribution in [0.4, 0.5) is 0 Å². The normalized spacial score (nSPS) is 10.3. The Morgan fingerprint density at radius 3 is 2.57 bits per heavy atom.